The van der Waals surface area contributed by atoms with Crippen LogP contribution >= 0.6 is 0 Å². The molecule has 0 bridgehead atoms. The molecular weight excluding hydrogens is 228 g/mol. The molecule has 1 aliphatic carbocycles. The molecule has 3 nitrogen and oxygen atoms in total. The zero-order valence-electron chi connectivity index (χ0n) is 9.45. The standard InChI is InChI=1S/C13H18O3.2CH4/c14-13(15)12-9-8-11(16-12)10-6-4-2-1-3-5-7-10;;/h8-10H,1-7H2,(H,14,15);2*1H4. The molecule has 0 unspecified atom stereocenters. The molecule has 0 saturated heterocycles. The van der Waals surface area contributed by atoms with Crippen LogP contribution in [0.1, 0.15) is 82.0 Å². The van der Waals surface area contributed by atoms with E-state index in [1.54, 1.807) is 6.07 Å². The molecule has 0 amide bonds. The third-order valence-corrected chi connectivity index (χ3v) is 3.35. The summed E-state index contributed by atoms with van der Waals surface area (Å²) in [6.07, 6.45) is 8.65. The van der Waals surface area contributed by atoms with Crippen molar-refractivity contribution in [3.05, 3.63) is 23.7 Å². The number of aromatic carboxylic acids is 1. The molecule has 0 aliphatic heterocycles. The summed E-state index contributed by atoms with van der Waals surface area (Å²) in [6.45, 7) is 0. The molecule has 0 spiro atoms. The van der Waals surface area contributed by atoms with Gasteiger partial charge in [-0.3, -0.25) is 0 Å². The Morgan fingerprint density at radius 1 is 1.06 bits per heavy atom. The minimum Gasteiger partial charge on any atom is -0.475 e. The second-order valence-corrected chi connectivity index (χ2v) is 4.55. The number of carboxylic acid groups (broad SMARTS) is 1. The molecule has 0 aromatic carbocycles. The second kappa shape index (κ2) is 7.96. The van der Waals surface area contributed by atoms with Crippen LogP contribution in [0.5, 0.6) is 0 Å². The summed E-state index contributed by atoms with van der Waals surface area (Å²) < 4.78 is 5.38. The van der Waals surface area contributed by atoms with Crippen LogP contribution in [0.2, 0.25) is 0 Å². The predicted molar refractivity (Wildman–Crippen MR) is 74.2 cm³/mol. The first-order valence-electron chi connectivity index (χ1n) is 6.10. The van der Waals surface area contributed by atoms with Crippen LogP contribution in [0.25, 0.3) is 0 Å². The molecule has 3 heteroatoms. The second-order valence-electron chi connectivity index (χ2n) is 4.55. The van der Waals surface area contributed by atoms with Crippen LogP contribution in [0.15, 0.2) is 16.5 Å². The van der Waals surface area contributed by atoms with Crippen molar-refractivity contribution in [2.24, 2.45) is 0 Å². The number of carbonyl (C=O) groups is 1. The minimum absolute atomic E-state index is 0. The maximum absolute atomic E-state index is 10.7. The summed E-state index contributed by atoms with van der Waals surface area (Å²) in [5.41, 5.74) is 0. The summed E-state index contributed by atoms with van der Waals surface area (Å²) in [7, 11) is 0. The van der Waals surface area contributed by atoms with Crippen LogP contribution < -0.4 is 0 Å². The number of hydrogen-bond donors (Lipinski definition) is 1. The molecule has 0 radical (unpaired) electrons. The number of rotatable bonds is 2. The first-order chi connectivity index (χ1) is 7.77. The average molecular weight is 254 g/mol. The van der Waals surface area contributed by atoms with Gasteiger partial charge in [0.05, 0.1) is 0 Å². The van der Waals surface area contributed by atoms with Crippen molar-refractivity contribution in [3.8, 4) is 0 Å². The van der Waals surface area contributed by atoms with E-state index in [9.17, 15) is 4.79 Å². The molecule has 104 valence electrons. The molecule has 1 heterocycles. The Balaban J connectivity index is 0.00000144. The van der Waals surface area contributed by atoms with Gasteiger partial charge in [-0.2, -0.15) is 0 Å². The molecule has 18 heavy (non-hydrogen) atoms. The van der Waals surface area contributed by atoms with Crippen LogP contribution in [-0.2, 0) is 0 Å². The molecule has 1 aromatic heterocycles. The zero-order chi connectivity index (χ0) is 11.4. The van der Waals surface area contributed by atoms with Gasteiger partial charge in [0.15, 0.2) is 0 Å². The first kappa shape index (κ1) is 16.8. The van der Waals surface area contributed by atoms with Gasteiger partial charge in [0.25, 0.3) is 0 Å². The van der Waals surface area contributed by atoms with E-state index in [-0.39, 0.29) is 20.6 Å². The zero-order valence-corrected chi connectivity index (χ0v) is 9.45. The van der Waals surface area contributed by atoms with Crippen molar-refractivity contribution in [2.75, 3.05) is 0 Å². The Morgan fingerprint density at radius 3 is 2.11 bits per heavy atom. The molecule has 0 atom stereocenters. The third kappa shape index (κ3) is 4.21. The summed E-state index contributed by atoms with van der Waals surface area (Å²) in [6, 6.07) is 3.39. The summed E-state index contributed by atoms with van der Waals surface area (Å²) in [5.74, 6) is 0.377. The Hall–Kier alpha value is -1.25. The highest BCUT2D eigenvalue weighted by Gasteiger charge is 2.18. The molecule has 1 fully saturated rings. The fourth-order valence-electron chi connectivity index (χ4n) is 2.43. The lowest BCUT2D eigenvalue weighted by Crippen LogP contribution is -2.01. The van der Waals surface area contributed by atoms with Gasteiger partial charge in [0.2, 0.25) is 5.76 Å². The summed E-state index contributed by atoms with van der Waals surface area (Å²) >= 11 is 0. The van der Waals surface area contributed by atoms with E-state index in [0.29, 0.717) is 5.92 Å². The van der Waals surface area contributed by atoms with E-state index >= 15 is 0 Å². The van der Waals surface area contributed by atoms with E-state index in [1.165, 1.54) is 32.1 Å². The van der Waals surface area contributed by atoms with Gasteiger partial charge in [-0.25, -0.2) is 4.79 Å². The van der Waals surface area contributed by atoms with Crippen LogP contribution in [0.3, 0.4) is 0 Å². The smallest absolute Gasteiger partial charge is 0.371 e. The molecule has 1 N–H and O–H groups in total. The van der Waals surface area contributed by atoms with E-state index < -0.39 is 5.97 Å². The van der Waals surface area contributed by atoms with E-state index in [0.717, 1.165) is 18.6 Å². The Labute approximate surface area is 110 Å². The normalized spacial score (nSPS) is 16.9. The predicted octanol–water partition coefficient (Wildman–Crippen LogP) is 5.08. The fourth-order valence-corrected chi connectivity index (χ4v) is 2.43. The van der Waals surface area contributed by atoms with E-state index in [2.05, 4.69) is 0 Å². The number of hydrogen-bond acceptors (Lipinski definition) is 2. The molecule has 1 aromatic rings. The lowest BCUT2D eigenvalue weighted by molar-refractivity contribution is 0.0659. The van der Waals surface area contributed by atoms with Crippen LogP contribution in [-0.4, -0.2) is 11.1 Å². The largest absolute Gasteiger partial charge is 0.475 e. The first-order valence-corrected chi connectivity index (χ1v) is 6.10. The maximum Gasteiger partial charge on any atom is 0.371 e. The van der Waals surface area contributed by atoms with Crippen molar-refractivity contribution in [1.82, 2.24) is 0 Å². The van der Waals surface area contributed by atoms with Gasteiger partial charge in [-0.15, -0.1) is 0 Å². The van der Waals surface area contributed by atoms with Crippen molar-refractivity contribution in [2.45, 2.75) is 65.7 Å². The summed E-state index contributed by atoms with van der Waals surface area (Å²) in [4.78, 5) is 10.7. The van der Waals surface area contributed by atoms with Gasteiger partial charge >= 0.3 is 5.97 Å². The van der Waals surface area contributed by atoms with Crippen molar-refractivity contribution in [3.63, 3.8) is 0 Å². The quantitative estimate of drug-likeness (QED) is 0.800. The number of carboxylic acids is 1. The minimum atomic E-state index is -0.975. The lowest BCUT2D eigenvalue weighted by atomic mass is 9.89. The molecular formula is C15H26O3. The fraction of sp³-hybridized carbons (Fsp3) is 0.667. The van der Waals surface area contributed by atoms with Gasteiger partial charge in [0.1, 0.15) is 5.76 Å². The van der Waals surface area contributed by atoms with Gasteiger partial charge in [-0.05, 0) is 25.0 Å². The van der Waals surface area contributed by atoms with Crippen molar-refractivity contribution >= 4 is 5.97 Å². The van der Waals surface area contributed by atoms with Gasteiger partial charge < -0.3 is 9.52 Å². The molecule has 1 aliphatic rings. The van der Waals surface area contributed by atoms with Crippen LogP contribution in [0.4, 0.5) is 0 Å². The Bertz CT molecular complexity index is 346. The Morgan fingerprint density at radius 2 is 1.61 bits per heavy atom. The number of furan rings is 1. The SMILES string of the molecule is C.C.O=C(O)c1ccc(C2CCCCCCC2)o1. The van der Waals surface area contributed by atoms with E-state index in [1.807, 2.05) is 6.07 Å². The summed E-state index contributed by atoms with van der Waals surface area (Å²) in [5, 5.41) is 8.80. The van der Waals surface area contributed by atoms with Gasteiger partial charge in [-0.1, -0.05) is 47.0 Å². The highest BCUT2D eigenvalue weighted by atomic mass is 16.4. The highest BCUT2D eigenvalue weighted by Crippen LogP contribution is 2.31. The van der Waals surface area contributed by atoms with Crippen molar-refractivity contribution < 1.29 is 14.3 Å². The van der Waals surface area contributed by atoms with Crippen LogP contribution in [0, 0.1) is 0 Å². The van der Waals surface area contributed by atoms with Crippen molar-refractivity contribution in [1.29, 1.82) is 0 Å². The average Bonchev–Trinajstić information content (AvgIpc) is 2.66. The van der Waals surface area contributed by atoms with E-state index in [4.69, 9.17) is 9.52 Å². The maximum atomic E-state index is 10.7. The molecule has 1 saturated carbocycles. The Kier molecular flexibility index (Phi) is 7.41. The third-order valence-electron chi connectivity index (χ3n) is 3.35. The lowest BCUT2D eigenvalue weighted by Gasteiger charge is -2.17. The monoisotopic (exact) mass is 254 g/mol. The topological polar surface area (TPSA) is 50.4 Å². The molecule has 2 rings (SSSR count). The highest BCUT2D eigenvalue weighted by molar-refractivity contribution is 5.84. The van der Waals surface area contributed by atoms with Gasteiger partial charge in [0, 0.05) is 5.92 Å².